The second-order valence-electron chi connectivity index (χ2n) is 5.79. The quantitative estimate of drug-likeness (QED) is 0.733. The average Bonchev–Trinajstić information content (AvgIpc) is 2.57. The van der Waals surface area contributed by atoms with E-state index in [0.29, 0.717) is 5.75 Å². The Labute approximate surface area is 161 Å². The van der Waals surface area contributed by atoms with E-state index in [1.165, 1.54) is 4.90 Å². The smallest absolute Gasteiger partial charge is 0.243 e. The minimum atomic E-state index is -0.198. The lowest BCUT2D eigenvalue weighted by molar-refractivity contribution is -0.131. The van der Waals surface area contributed by atoms with Crippen LogP contribution in [0.25, 0.3) is 0 Å². The SMILES string of the molecule is Cc1ccc(NC(=O)CN(C)C(=O)CSCc2cccc(Br)c2)cc1. The van der Waals surface area contributed by atoms with Crippen molar-refractivity contribution in [1.29, 1.82) is 0 Å². The maximum absolute atomic E-state index is 12.1. The Morgan fingerprint density at radius 3 is 2.56 bits per heavy atom. The van der Waals surface area contributed by atoms with Crippen LogP contribution in [0.5, 0.6) is 0 Å². The zero-order chi connectivity index (χ0) is 18.2. The lowest BCUT2D eigenvalue weighted by atomic mass is 10.2. The van der Waals surface area contributed by atoms with E-state index >= 15 is 0 Å². The number of halogens is 1. The van der Waals surface area contributed by atoms with Crippen LogP contribution in [-0.4, -0.2) is 36.1 Å². The van der Waals surface area contributed by atoms with Crippen LogP contribution >= 0.6 is 27.7 Å². The number of carbonyl (C=O) groups is 2. The van der Waals surface area contributed by atoms with Crippen molar-refractivity contribution in [3.05, 3.63) is 64.1 Å². The third kappa shape index (κ3) is 6.92. The number of carbonyl (C=O) groups excluding carboxylic acids is 2. The number of nitrogens with zero attached hydrogens (tertiary/aromatic N) is 1. The summed E-state index contributed by atoms with van der Waals surface area (Å²) in [5.74, 6) is 0.853. The molecule has 2 rings (SSSR count). The fourth-order valence-electron chi connectivity index (χ4n) is 2.13. The van der Waals surface area contributed by atoms with Crippen molar-refractivity contribution >= 4 is 45.2 Å². The zero-order valence-corrected chi connectivity index (χ0v) is 16.7. The van der Waals surface area contributed by atoms with Gasteiger partial charge in [0, 0.05) is 23.0 Å². The molecule has 0 bridgehead atoms. The Morgan fingerprint density at radius 1 is 1.16 bits per heavy atom. The third-order valence-electron chi connectivity index (χ3n) is 3.53. The first-order chi connectivity index (χ1) is 11.9. The Morgan fingerprint density at radius 2 is 1.88 bits per heavy atom. The van der Waals surface area contributed by atoms with Crippen LogP contribution in [0.15, 0.2) is 53.0 Å². The number of hydrogen-bond donors (Lipinski definition) is 1. The van der Waals surface area contributed by atoms with Gasteiger partial charge in [-0.05, 0) is 36.8 Å². The number of benzene rings is 2. The van der Waals surface area contributed by atoms with Crippen LogP contribution in [-0.2, 0) is 15.3 Å². The lowest BCUT2D eigenvalue weighted by Gasteiger charge is -2.16. The molecule has 0 aliphatic rings. The van der Waals surface area contributed by atoms with Gasteiger partial charge in [-0.1, -0.05) is 45.8 Å². The second kappa shape index (κ2) is 9.63. The summed E-state index contributed by atoms with van der Waals surface area (Å²) in [5, 5.41) is 2.80. The molecule has 25 heavy (non-hydrogen) atoms. The molecule has 1 N–H and O–H groups in total. The molecule has 2 aromatic carbocycles. The van der Waals surface area contributed by atoms with E-state index in [-0.39, 0.29) is 18.4 Å². The van der Waals surface area contributed by atoms with Gasteiger partial charge < -0.3 is 10.2 Å². The molecular formula is C19H21BrN2O2S. The highest BCUT2D eigenvalue weighted by Crippen LogP contribution is 2.17. The van der Waals surface area contributed by atoms with Crippen molar-refractivity contribution in [2.75, 3.05) is 24.7 Å². The predicted octanol–water partition coefficient (Wildman–Crippen LogP) is 4.09. The van der Waals surface area contributed by atoms with Gasteiger partial charge in [-0.2, -0.15) is 0 Å². The third-order valence-corrected chi connectivity index (χ3v) is 5.01. The average molecular weight is 421 g/mol. The number of nitrogens with one attached hydrogen (secondary N) is 1. The standard InChI is InChI=1S/C19H21BrN2O2S/c1-14-6-8-17(9-7-14)21-18(23)11-22(2)19(24)13-25-12-15-4-3-5-16(20)10-15/h3-10H,11-13H2,1-2H3,(H,21,23). The van der Waals surface area contributed by atoms with Crippen LogP contribution < -0.4 is 5.32 Å². The topological polar surface area (TPSA) is 49.4 Å². The van der Waals surface area contributed by atoms with Crippen molar-refractivity contribution in [3.8, 4) is 0 Å². The van der Waals surface area contributed by atoms with Gasteiger partial charge in [-0.15, -0.1) is 11.8 Å². The Bertz CT molecular complexity index is 734. The van der Waals surface area contributed by atoms with Crippen molar-refractivity contribution in [3.63, 3.8) is 0 Å². The van der Waals surface area contributed by atoms with Crippen LogP contribution in [0, 0.1) is 6.92 Å². The number of aryl methyl sites for hydroxylation is 1. The molecule has 132 valence electrons. The summed E-state index contributed by atoms with van der Waals surface area (Å²) in [6.07, 6.45) is 0. The molecule has 0 spiro atoms. The molecule has 0 unspecified atom stereocenters. The molecule has 0 radical (unpaired) electrons. The summed E-state index contributed by atoms with van der Waals surface area (Å²) < 4.78 is 1.03. The van der Waals surface area contributed by atoms with Gasteiger partial charge in [0.2, 0.25) is 11.8 Å². The van der Waals surface area contributed by atoms with Gasteiger partial charge in [0.05, 0.1) is 12.3 Å². The fourth-order valence-corrected chi connectivity index (χ4v) is 3.49. The van der Waals surface area contributed by atoms with E-state index in [1.807, 2.05) is 55.5 Å². The van der Waals surface area contributed by atoms with Crippen LogP contribution in [0.4, 0.5) is 5.69 Å². The minimum absolute atomic E-state index is 0.0458. The molecule has 0 aromatic heterocycles. The summed E-state index contributed by atoms with van der Waals surface area (Å²) in [4.78, 5) is 25.6. The Kier molecular flexibility index (Phi) is 7.52. The van der Waals surface area contributed by atoms with Crippen molar-refractivity contribution in [2.24, 2.45) is 0 Å². The number of thioether (sulfide) groups is 1. The maximum atomic E-state index is 12.1. The summed E-state index contributed by atoms with van der Waals surface area (Å²) in [6, 6.07) is 15.6. The monoisotopic (exact) mass is 420 g/mol. The zero-order valence-electron chi connectivity index (χ0n) is 14.3. The van der Waals surface area contributed by atoms with Gasteiger partial charge in [0.15, 0.2) is 0 Å². The van der Waals surface area contributed by atoms with Crippen molar-refractivity contribution < 1.29 is 9.59 Å². The van der Waals surface area contributed by atoms with Crippen LogP contribution in [0.2, 0.25) is 0 Å². The summed E-state index contributed by atoms with van der Waals surface area (Å²) in [5.41, 5.74) is 3.03. The highest BCUT2D eigenvalue weighted by Gasteiger charge is 2.13. The Balaban J connectivity index is 1.73. The highest BCUT2D eigenvalue weighted by molar-refractivity contribution is 9.10. The normalized spacial score (nSPS) is 10.4. The summed E-state index contributed by atoms with van der Waals surface area (Å²) >= 11 is 4.98. The van der Waals surface area contributed by atoms with E-state index in [4.69, 9.17) is 0 Å². The number of likely N-dealkylation sites (N-methyl/N-ethyl adjacent to an activating group) is 1. The van der Waals surface area contributed by atoms with E-state index in [2.05, 4.69) is 21.2 Å². The molecule has 0 saturated carbocycles. The van der Waals surface area contributed by atoms with Crippen LogP contribution in [0.1, 0.15) is 11.1 Å². The van der Waals surface area contributed by atoms with Gasteiger partial charge in [0.1, 0.15) is 0 Å². The maximum Gasteiger partial charge on any atom is 0.243 e. The van der Waals surface area contributed by atoms with E-state index in [9.17, 15) is 9.59 Å². The first-order valence-corrected chi connectivity index (χ1v) is 9.81. The number of anilines is 1. The van der Waals surface area contributed by atoms with Gasteiger partial charge in [-0.25, -0.2) is 0 Å². The molecule has 4 nitrogen and oxygen atoms in total. The first kappa shape index (κ1) is 19.5. The van der Waals surface area contributed by atoms with E-state index < -0.39 is 0 Å². The molecule has 0 atom stereocenters. The van der Waals surface area contributed by atoms with E-state index in [1.54, 1.807) is 18.8 Å². The summed E-state index contributed by atoms with van der Waals surface area (Å²) in [6.45, 7) is 2.04. The molecule has 0 saturated heterocycles. The predicted molar refractivity (Wildman–Crippen MR) is 108 cm³/mol. The van der Waals surface area contributed by atoms with Crippen molar-refractivity contribution in [2.45, 2.75) is 12.7 Å². The molecule has 0 aliphatic heterocycles. The minimum Gasteiger partial charge on any atom is -0.336 e. The lowest BCUT2D eigenvalue weighted by Crippen LogP contribution is -2.35. The molecule has 2 aromatic rings. The molecule has 2 amide bonds. The molecule has 6 heteroatoms. The molecule has 0 heterocycles. The van der Waals surface area contributed by atoms with Gasteiger partial charge in [0.25, 0.3) is 0 Å². The molecule has 0 aliphatic carbocycles. The van der Waals surface area contributed by atoms with Crippen LogP contribution in [0.3, 0.4) is 0 Å². The number of amides is 2. The number of hydrogen-bond acceptors (Lipinski definition) is 3. The first-order valence-electron chi connectivity index (χ1n) is 7.87. The summed E-state index contributed by atoms with van der Waals surface area (Å²) in [7, 11) is 1.65. The Hall–Kier alpha value is -1.79. The van der Waals surface area contributed by atoms with Gasteiger partial charge >= 0.3 is 0 Å². The second-order valence-corrected chi connectivity index (χ2v) is 7.69. The highest BCUT2D eigenvalue weighted by atomic mass is 79.9. The largest absolute Gasteiger partial charge is 0.336 e. The molecular weight excluding hydrogens is 400 g/mol. The fraction of sp³-hybridized carbons (Fsp3) is 0.263. The number of rotatable bonds is 7. The van der Waals surface area contributed by atoms with Crippen molar-refractivity contribution in [1.82, 2.24) is 4.90 Å². The van der Waals surface area contributed by atoms with E-state index in [0.717, 1.165) is 27.0 Å². The molecule has 0 fully saturated rings. The van der Waals surface area contributed by atoms with Gasteiger partial charge in [-0.3, -0.25) is 9.59 Å².